The summed E-state index contributed by atoms with van der Waals surface area (Å²) in [6.45, 7) is 0.675. The molecule has 1 saturated carbocycles. The Bertz CT molecular complexity index is 366. The fourth-order valence-electron chi connectivity index (χ4n) is 1.33. The molecule has 1 aromatic rings. The summed E-state index contributed by atoms with van der Waals surface area (Å²) in [6.07, 6.45) is 2.36. The highest BCUT2D eigenvalue weighted by Crippen LogP contribution is 2.46. The van der Waals surface area contributed by atoms with E-state index in [1.165, 1.54) is 18.9 Å². The van der Waals surface area contributed by atoms with Crippen LogP contribution in [0.25, 0.3) is 0 Å². The lowest BCUT2D eigenvalue weighted by atomic mass is 10.2. The minimum Gasteiger partial charge on any atom is -0.493 e. The summed E-state index contributed by atoms with van der Waals surface area (Å²) in [7, 11) is 0. The van der Waals surface area contributed by atoms with Crippen molar-refractivity contribution in [1.82, 2.24) is 0 Å². The standard InChI is InChI=1S/C11H12BrFOS/c12-9-5-8(1-2-10(9)13)14-6-11(7-15)3-4-11/h1-2,5,15H,3-4,6-7H2. The first-order chi connectivity index (χ1) is 7.15. The lowest BCUT2D eigenvalue weighted by Gasteiger charge is -2.13. The maximum Gasteiger partial charge on any atom is 0.137 e. The van der Waals surface area contributed by atoms with Crippen LogP contribution in [0.1, 0.15) is 12.8 Å². The average molecular weight is 291 g/mol. The van der Waals surface area contributed by atoms with E-state index in [1.807, 2.05) is 0 Å². The van der Waals surface area contributed by atoms with Gasteiger partial charge in [0.25, 0.3) is 0 Å². The molecule has 1 fully saturated rings. The zero-order valence-electron chi connectivity index (χ0n) is 8.17. The van der Waals surface area contributed by atoms with Gasteiger partial charge in [0.2, 0.25) is 0 Å². The SMILES string of the molecule is Fc1ccc(OCC2(CS)CC2)cc1Br. The molecule has 0 spiro atoms. The molecular weight excluding hydrogens is 279 g/mol. The Morgan fingerprint density at radius 1 is 1.47 bits per heavy atom. The number of benzene rings is 1. The van der Waals surface area contributed by atoms with Crippen molar-refractivity contribution >= 4 is 28.6 Å². The predicted octanol–water partition coefficient (Wildman–Crippen LogP) is 3.68. The normalized spacial score (nSPS) is 17.5. The number of halogens is 2. The molecule has 15 heavy (non-hydrogen) atoms. The topological polar surface area (TPSA) is 9.23 Å². The van der Waals surface area contributed by atoms with Crippen LogP contribution in [0.5, 0.6) is 5.75 Å². The summed E-state index contributed by atoms with van der Waals surface area (Å²) in [4.78, 5) is 0. The Morgan fingerprint density at radius 2 is 2.20 bits per heavy atom. The number of rotatable bonds is 4. The molecule has 0 amide bonds. The molecule has 1 nitrogen and oxygen atoms in total. The lowest BCUT2D eigenvalue weighted by molar-refractivity contribution is 0.250. The van der Waals surface area contributed by atoms with Crippen LogP contribution in [-0.2, 0) is 0 Å². The highest BCUT2D eigenvalue weighted by molar-refractivity contribution is 9.10. The molecule has 0 saturated heterocycles. The molecule has 0 radical (unpaired) electrons. The van der Waals surface area contributed by atoms with Crippen molar-refractivity contribution in [2.45, 2.75) is 12.8 Å². The van der Waals surface area contributed by atoms with Gasteiger partial charge in [0.15, 0.2) is 0 Å². The van der Waals surface area contributed by atoms with Gasteiger partial charge >= 0.3 is 0 Å². The molecule has 1 aliphatic carbocycles. The van der Waals surface area contributed by atoms with Crippen molar-refractivity contribution in [1.29, 1.82) is 0 Å². The zero-order valence-corrected chi connectivity index (χ0v) is 10.7. The molecule has 1 aromatic carbocycles. The molecular formula is C11H12BrFOS. The highest BCUT2D eigenvalue weighted by atomic mass is 79.9. The third kappa shape index (κ3) is 2.67. The van der Waals surface area contributed by atoms with Gasteiger partial charge in [0, 0.05) is 5.41 Å². The van der Waals surface area contributed by atoms with E-state index in [2.05, 4.69) is 28.6 Å². The van der Waals surface area contributed by atoms with Crippen molar-refractivity contribution in [3.8, 4) is 5.75 Å². The number of hydrogen-bond donors (Lipinski definition) is 1. The second kappa shape index (κ2) is 4.34. The fraction of sp³-hybridized carbons (Fsp3) is 0.455. The van der Waals surface area contributed by atoms with Crippen molar-refractivity contribution in [2.24, 2.45) is 5.41 Å². The number of ether oxygens (including phenoxy) is 1. The van der Waals surface area contributed by atoms with Gasteiger partial charge in [-0.15, -0.1) is 0 Å². The van der Waals surface area contributed by atoms with E-state index in [4.69, 9.17) is 4.74 Å². The third-order valence-electron chi connectivity index (χ3n) is 2.73. The van der Waals surface area contributed by atoms with E-state index in [-0.39, 0.29) is 11.2 Å². The lowest BCUT2D eigenvalue weighted by Crippen LogP contribution is -2.14. The molecule has 0 atom stereocenters. The molecule has 0 aromatic heterocycles. The maximum atomic E-state index is 12.9. The summed E-state index contributed by atoms with van der Waals surface area (Å²) < 4.78 is 19.0. The van der Waals surface area contributed by atoms with Gasteiger partial charge in [0.1, 0.15) is 11.6 Å². The third-order valence-corrected chi connectivity index (χ3v) is 4.01. The summed E-state index contributed by atoms with van der Waals surface area (Å²) in [6, 6.07) is 4.71. The Morgan fingerprint density at radius 3 is 2.73 bits per heavy atom. The molecule has 0 heterocycles. The second-order valence-electron chi connectivity index (χ2n) is 4.02. The fourth-order valence-corrected chi connectivity index (χ4v) is 2.09. The molecule has 0 unspecified atom stereocenters. The first kappa shape index (κ1) is 11.3. The van der Waals surface area contributed by atoms with Crippen LogP contribution in [0, 0.1) is 11.2 Å². The van der Waals surface area contributed by atoms with Gasteiger partial charge < -0.3 is 4.74 Å². The molecule has 1 aliphatic rings. The van der Waals surface area contributed by atoms with E-state index in [0.717, 1.165) is 5.75 Å². The summed E-state index contributed by atoms with van der Waals surface area (Å²) in [5.74, 6) is 1.30. The maximum absolute atomic E-state index is 12.9. The van der Waals surface area contributed by atoms with Gasteiger partial charge in [0.05, 0.1) is 11.1 Å². The van der Waals surface area contributed by atoms with Gasteiger partial charge in [-0.25, -0.2) is 4.39 Å². The van der Waals surface area contributed by atoms with E-state index < -0.39 is 0 Å². The van der Waals surface area contributed by atoms with Crippen LogP contribution in [0.4, 0.5) is 4.39 Å². The Hall–Kier alpha value is -0.220. The van der Waals surface area contributed by atoms with Crippen LogP contribution in [-0.4, -0.2) is 12.4 Å². The summed E-state index contributed by atoms with van der Waals surface area (Å²) in [5.41, 5.74) is 0.268. The summed E-state index contributed by atoms with van der Waals surface area (Å²) in [5, 5.41) is 0. The number of hydrogen-bond acceptors (Lipinski definition) is 2. The molecule has 0 N–H and O–H groups in total. The monoisotopic (exact) mass is 290 g/mol. The van der Waals surface area contributed by atoms with Crippen molar-refractivity contribution in [2.75, 3.05) is 12.4 Å². The van der Waals surface area contributed by atoms with Crippen LogP contribution < -0.4 is 4.74 Å². The average Bonchev–Trinajstić information content (AvgIpc) is 3.01. The molecule has 4 heteroatoms. The van der Waals surface area contributed by atoms with Gasteiger partial charge in [-0.2, -0.15) is 12.6 Å². The van der Waals surface area contributed by atoms with Crippen LogP contribution in [0.3, 0.4) is 0 Å². The van der Waals surface area contributed by atoms with Gasteiger partial charge in [-0.05, 0) is 52.7 Å². The van der Waals surface area contributed by atoms with E-state index in [9.17, 15) is 4.39 Å². The van der Waals surface area contributed by atoms with Crippen LogP contribution >= 0.6 is 28.6 Å². The van der Waals surface area contributed by atoms with Crippen molar-refractivity contribution in [3.05, 3.63) is 28.5 Å². The number of thiol groups is 1. The van der Waals surface area contributed by atoms with Crippen molar-refractivity contribution in [3.63, 3.8) is 0 Å². The molecule has 0 bridgehead atoms. The minimum atomic E-state index is -0.266. The van der Waals surface area contributed by atoms with Crippen LogP contribution in [0.2, 0.25) is 0 Å². The quantitative estimate of drug-likeness (QED) is 0.833. The first-order valence-electron chi connectivity index (χ1n) is 4.84. The van der Waals surface area contributed by atoms with E-state index in [0.29, 0.717) is 16.8 Å². The Labute approximate surface area is 103 Å². The Balaban J connectivity index is 1.96. The van der Waals surface area contributed by atoms with E-state index >= 15 is 0 Å². The van der Waals surface area contributed by atoms with Crippen LogP contribution in [0.15, 0.2) is 22.7 Å². The minimum absolute atomic E-state index is 0.266. The molecule has 0 aliphatic heterocycles. The van der Waals surface area contributed by atoms with Crippen molar-refractivity contribution < 1.29 is 9.13 Å². The molecule has 2 rings (SSSR count). The largest absolute Gasteiger partial charge is 0.493 e. The van der Waals surface area contributed by atoms with Gasteiger partial charge in [-0.1, -0.05) is 0 Å². The molecule has 82 valence electrons. The zero-order chi connectivity index (χ0) is 10.9. The predicted molar refractivity (Wildman–Crippen MR) is 65.1 cm³/mol. The Kier molecular flexibility index (Phi) is 3.26. The summed E-state index contributed by atoms with van der Waals surface area (Å²) >= 11 is 7.43. The smallest absolute Gasteiger partial charge is 0.137 e. The first-order valence-corrected chi connectivity index (χ1v) is 6.26. The second-order valence-corrected chi connectivity index (χ2v) is 5.19. The highest BCUT2D eigenvalue weighted by Gasteiger charge is 2.42. The van der Waals surface area contributed by atoms with E-state index in [1.54, 1.807) is 12.1 Å². The van der Waals surface area contributed by atoms with Gasteiger partial charge in [-0.3, -0.25) is 0 Å².